The molecule has 1 heterocycles. The Kier molecular flexibility index (Phi) is 5.73. The molecule has 0 N–H and O–H groups in total. The van der Waals surface area contributed by atoms with E-state index < -0.39 is 8.32 Å². The fourth-order valence-corrected chi connectivity index (χ4v) is 4.10. The molecule has 2 nitrogen and oxygen atoms in total. The molecule has 1 aromatic heterocycles. The van der Waals surface area contributed by atoms with Crippen molar-refractivity contribution in [3.8, 4) is 0 Å². The van der Waals surface area contributed by atoms with Crippen molar-refractivity contribution in [2.24, 2.45) is 0 Å². The van der Waals surface area contributed by atoms with Crippen molar-refractivity contribution in [3.05, 3.63) is 35.8 Å². The lowest BCUT2D eigenvalue weighted by atomic mass is 10.0. The van der Waals surface area contributed by atoms with Gasteiger partial charge in [-0.15, -0.1) is 0 Å². The third kappa shape index (κ3) is 4.59. The number of aryl methyl sites for hydroxylation is 1. The van der Waals surface area contributed by atoms with Crippen LogP contribution in [0.1, 0.15) is 58.4 Å². The summed E-state index contributed by atoms with van der Waals surface area (Å²) in [6, 6.07) is 2.07. The summed E-state index contributed by atoms with van der Waals surface area (Å²) in [5.41, 5.74) is 2.85. The average molecular weight is 321 g/mol. The minimum absolute atomic E-state index is 0.273. The maximum Gasteiger partial charge on any atom is 0.192 e. The fraction of sp³-hybridized carbons (Fsp3) is 0.684. The number of rotatable bonds is 7. The number of hydrogen-bond donors (Lipinski definition) is 0. The van der Waals surface area contributed by atoms with Crippen LogP contribution in [0, 0.1) is 0 Å². The highest BCUT2D eigenvalue weighted by Crippen LogP contribution is 2.39. The Labute approximate surface area is 137 Å². The summed E-state index contributed by atoms with van der Waals surface area (Å²) in [5, 5.41) is 0.273. The Morgan fingerprint density at radius 3 is 2.64 bits per heavy atom. The monoisotopic (exact) mass is 320 g/mol. The predicted octanol–water partition coefficient (Wildman–Crippen LogP) is 6.10. The molecule has 1 atom stereocenters. The molecule has 0 aromatic carbocycles. The molecule has 0 bridgehead atoms. The zero-order valence-corrected chi connectivity index (χ0v) is 15.9. The summed E-state index contributed by atoms with van der Waals surface area (Å²) in [4.78, 5) is 0. The van der Waals surface area contributed by atoms with E-state index in [4.69, 9.17) is 8.84 Å². The third-order valence-corrected chi connectivity index (χ3v) is 9.73. The van der Waals surface area contributed by atoms with Gasteiger partial charge in [0.1, 0.15) is 0 Å². The summed E-state index contributed by atoms with van der Waals surface area (Å²) in [6.07, 6.45) is 13.5. The molecule has 0 saturated heterocycles. The van der Waals surface area contributed by atoms with E-state index in [0.29, 0.717) is 6.10 Å². The molecular weight excluding hydrogens is 288 g/mol. The number of hydrogen-bond acceptors (Lipinski definition) is 2. The normalized spacial score (nSPS) is 17.6. The molecule has 1 aliphatic rings. The van der Waals surface area contributed by atoms with E-state index >= 15 is 0 Å². The molecule has 0 spiro atoms. The summed E-state index contributed by atoms with van der Waals surface area (Å²) in [7, 11) is -1.71. The van der Waals surface area contributed by atoms with Gasteiger partial charge in [-0.2, -0.15) is 0 Å². The van der Waals surface area contributed by atoms with E-state index in [1.54, 1.807) is 11.8 Å². The zero-order valence-electron chi connectivity index (χ0n) is 14.9. The van der Waals surface area contributed by atoms with Crippen LogP contribution < -0.4 is 0 Å². The van der Waals surface area contributed by atoms with Gasteiger partial charge in [0.15, 0.2) is 8.32 Å². The van der Waals surface area contributed by atoms with Crippen LogP contribution >= 0.6 is 0 Å². The highest BCUT2D eigenvalue weighted by Gasteiger charge is 2.39. The van der Waals surface area contributed by atoms with Gasteiger partial charge in [-0.1, -0.05) is 26.8 Å². The lowest BCUT2D eigenvalue weighted by molar-refractivity contribution is 0.198. The standard InChI is InChI=1S/C19H32O2Si/c1-19(2,3)22(4,5)21-18(17-10-6-7-11-17)12-8-9-16-13-14-20-15-16/h10,13-15,18H,6-9,11-12H2,1-5H3. The van der Waals surface area contributed by atoms with E-state index in [2.05, 4.69) is 46.0 Å². The Morgan fingerprint density at radius 1 is 1.32 bits per heavy atom. The van der Waals surface area contributed by atoms with Crippen LogP contribution in [0.2, 0.25) is 18.1 Å². The lowest BCUT2D eigenvalue weighted by Gasteiger charge is -2.40. The molecule has 3 heteroatoms. The summed E-state index contributed by atoms with van der Waals surface area (Å²) in [5.74, 6) is 0. The minimum atomic E-state index is -1.71. The van der Waals surface area contributed by atoms with Crippen LogP contribution in [-0.2, 0) is 10.8 Å². The molecule has 1 unspecified atom stereocenters. The second-order valence-electron chi connectivity index (χ2n) is 8.06. The van der Waals surface area contributed by atoms with Crippen LogP contribution in [0.3, 0.4) is 0 Å². The van der Waals surface area contributed by atoms with Crippen molar-refractivity contribution in [2.45, 2.75) is 83.5 Å². The molecule has 2 rings (SSSR count). The van der Waals surface area contributed by atoms with Crippen molar-refractivity contribution in [2.75, 3.05) is 0 Å². The Morgan fingerprint density at radius 2 is 2.09 bits per heavy atom. The summed E-state index contributed by atoms with van der Waals surface area (Å²) >= 11 is 0. The second-order valence-corrected chi connectivity index (χ2v) is 12.8. The Bertz CT molecular complexity index is 480. The van der Waals surface area contributed by atoms with Gasteiger partial charge < -0.3 is 8.84 Å². The number of allylic oxidation sites excluding steroid dienone is 1. The van der Waals surface area contributed by atoms with Crippen molar-refractivity contribution in [1.29, 1.82) is 0 Å². The van der Waals surface area contributed by atoms with Gasteiger partial charge in [-0.3, -0.25) is 0 Å². The molecule has 124 valence electrons. The molecule has 0 fully saturated rings. The topological polar surface area (TPSA) is 22.4 Å². The quantitative estimate of drug-likeness (QED) is 0.447. The Balaban J connectivity index is 1.97. The fourth-order valence-electron chi connectivity index (χ4n) is 2.77. The smallest absolute Gasteiger partial charge is 0.192 e. The first-order valence-electron chi connectivity index (χ1n) is 8.67. The zero-order chi connectivity index (χ0) is 16.2. The van der Waals surface area contributed by atoms with Gasteiger partial charge >= 0.3 is 0 Å². The van der Waals surface area contributed by atoms with Crippen LogP contribution in [0.25, 0.3) is 0 Å². The average Bonchev–Trinajstić information content (AvgIpc) is 3.09. The second kappa shape index (κ2) is 7.18. The third-order valence-electron chi connectivity index (χ3n) is 5.24. The van der Waals surface area contributed by atoms with Gasteiger partial charge in [-0.25, -0.2) is 0 Å². The first-order valence-corrected chi connectivity index (χ1v) is 11.6. The van der Waals surface area contributed by atoms with Crippen LogP contribution in [0.4, 0.5) is 0 Å². The molecular formula is C19H32O2Si. The van der Waals surface area contributed by atoms with Crippen LogP contribution in [-0.4, -0.2) is 14.4 Å². The van der Waals surface area contributed by atoms with Gasteiger partial charge in [0.05, 0.1) is 18.6 Å². The molecule has 0 radical (unpaired) electrons. The molecule has 0 saturated carbocycles. The van der Waals surface area contributed by atoms with Gasteiger partial charge in [0.25, 0.3) is 0 Å². The van der Waals surface area contributed by atoms with Crippen molar-refractivity contribution in [1.82, 2.24) is 0 Å². The maximum absolute atomic E-state index is 6.75. The molecule has 1 aliphatic carbocycles. The molecule has 0 aliphatic heterocycles. The molecule has 22 heavy (non-hydrogen) atoms. The first kappa shape index (κ1) is 17.5. The van der Waals surface area contributed by atoms with E-state index in [9.17, 15) is 0 Å². The van der Waals surface area contributed by atoms with Gasteiger partial charge in [0, 0.05) is 0 Å². The number of furan rings is 1. The maximum atomic E-state index is 6.75. The van der Waals surface area contributed by atoms with E-state index in [1.165, 1.54) is 24.8 Å². The SMILES string of the molecule is CC(C)(C)[Si](C)(C)OC(CCCc1ccoc1)C1=CCCC1. The highest BCUT2D eigenvalue weighted by molar-refractivity contribution is 6.74. The summed E-state index contributed by atoms with van der Waals surface area (Å²) in [6.45, 7) is 11.7. The van der Waals surface area contributed by atoms with E-state index in [0.717, 1.165) is 19.3 Å². The van der Waals surface area contributed by atoms with Crippen molar-refractivity contribution in [3.63, 3.8) is 0 Å². The van der Waals surface area contributed by atoms with Crippen LogP contribution in [0.15, 0.2) is 34.7 Å². The molecule has 1 aromatic rings. The molecule has 0 amide bonds. The van der Waals surface area contributed by atoms with E-state index in [1.807, 2.05) is 6.26 Å². The minimum Gasteiger partial charge on any atom is -0.472 e. The van der Waals surface area contributed by atoms with Gasteiger partial charge in [0.2, 0.25) is 0 Å². The lowest BCUT2D eigenvalue weighted by Crippen LogP contribution is -2.44. The van der Waals surface area contributed by atoms with Crippen LogP contribution in [0.5, 0.6) is 0 Å². The van der Waals surface area contributed by atoms with E-state index in [-0.39, 0.29) is 5.04 Å². The first-order chi connectivity index (χ1) is 10.3. The van der Waals surface area contributed by atoms with Crippen molar-refractivity contribution < 1.29 is 8.84 Å². The van der Waals surface area contributed by atoms with Gasteiger partial charge in [-0.05, 0) is 73.9 Å². The largest absolute Gasteiger partial charge is 0.472 e. The highest BCUT2D eigenvalue weighted by atomic mass is 28.4. The summed E-state index contributed by atoms with van der Waals surface area (Å²) < 4.78 is 11.9. The van der Waals surface area contributed by atoms with Crippen molar-refractivity contribution >= 4 is 8.32 Å². The predicted molar refractivity (Wildman–Crippen MR) is 95.7 cm³/mol. The Hall–Kier alpha value is -0.803.